The average molecular weight is 467 g/mol. The maximum Gasteiger partial charge on any atom is 0.306 e. The maximum absolute atomic E-state index is 11.8. The van der Waals surface area contributed by atoms with E-state index in [2.05, 4.69) is 75.4 Å². The number of aliphatic hydroxyl groups is 1. The Balaban J connectivity index is 3.05. The van der Waals surface area contributed by atoms with Crippen LogP contribution in [0.4, 0.5) is 0 Å². The summed E-state index contributed by atoms with van der Waals surface area (Å²) in [6.07, 6.45) is 2.50. The van der Waals surface area contributed by atoms with Gasteiger partial charge in [0, 0.05) is 44.8 Å². The van der Waals surface area contributed by atoms with Crippen molar-refractivity contribution in [2.45, 2.75) is 60.9 Å². The van der Waals surface area contributed by atoms with Gasteiger partial charge in [-0.25, -0.2) is 0 Å². The standard InChI is InChI=1S/C26H50N4O3/c1-10-28-16-26(6,7)18-30(12-11-22(31)33-9)14-20-13-21(23(19(2)3)24(20)32)29-17-25(4,5)15-27-8/h13,19,21,27-29,32H,10-12,14-18H2,1-9H3. The quantitative estimate of drug-likeness (QED) is 0.260. The second-order valence-electron chi connectivity index (χ2n) is 11.2. The van der Waals surface area contributed by atoms with Crippen LogP contribution in [0.3, 0.4) is 0 Å². The molecule has 0 aromatic rings. The Bertz CT molecular complexity index is 683. The highest BCUT2D eigenvalue weighted by Crippen LogP contribution is 2.32. The molecule has 0 radical (unpaired) electrons. The van der Waals surface area contributed by atoms with Crippen molar-refractivity contribution in [2.24, 2.45) is 16.7 Å². The van der Waals surface area contributed by atoms with Gasteiger partial charge in [-0.1, -0.05) is 54.5 Å². The van der Waals surface area contributed by atoms with Crippen molar-refractivity contribution in [3.8, 4) is 0 Å². The Morgan fingerprint density at radius 2 is 1.85 bits per heavy atom. The molecular formula is C26H50N4O3. The van der Waals surface area contributed by atoms with Gasteiger partial charge >= 0.3 is 5.97 Å². The molecule has 4 N–H and O–H groups in total. The Labute approximate surface area is 202 Å². The fourth-order valence-corrected chi connectivity index (χ4v) is 4.49. The molecule has 1 rings (SSSR count). The number of esters is 1. The lowest BCUT2D eigenvalue weighted by molar-refractivity contribution is -0.141. The molecule has 33 heavy (non-hydrogen) atoms. The smallest absolute Gasteiger partial charge is 0.306 e. The number of carbonyl (C=O) groups is 1. The first kappa shape index (κ1) is 29.6. The molecule has 0 amide bonds. The molecule has 0 spiro atoms. The Kier molecular flexibility index (Phi) is 12.1. The summed E-state index contributed by atoms with van der Waals surface area (Å²) in [5, 5.41) is 21.5. The SMILES string of the molecule is CCNCC(C)(C)CN(CCC(=O)OC)CC1=CC(NCC(C)(C)CNC)C(C(C)C)=C1O. The zero-order valence-electron chi connectivity index (χ0n) is 22.6. The van der Waals surface area contributed by atoms with E-state index in [9.17, 15) is 9.90 Å². The van der Waals surface area contributed by atoms with Gasteiger partial charge in [0.1, 0.15) is 5.76 Å². The van der Waals surface area contributed by atoms with E-state index in [1.807, 2.05) is 7.05 Å². The summed E-state index contributed by atoms with van der Waals surface area (Å²) in [6, 6.07) is 0.0216. The predicted octanol–water partition coefficient (Wildman–Crippen LogP) is 3.10. The lowest BCUT2D eigenvalue weighted by Gasteiger charge is -2.33. The third kappa shape index (κ3) is 10.2. The highest BCUT2D eigenvalue weighted by atomic mass is 16.5. The molecule has 1 aliphatic carbocycles. The normalized spacial score (nSPS) is 17.3. The summed E-state index contributed by atoms with van der Waals surface area (Å²) < 4.78 is 4.87. The maximum atomic E-state index is 11.8. The Morgan fingerprint density at radius 1 is 1.18 bits per heavy atom. The first-order valence-electron chi connectivity index (χ1n) is 12.4. The van der Waals surface area contributed by atoms with E-state index in [4.69, 9.17) is 4.74 Å². The van der Waals surface area contributed by atoms with Crippen molar-refractivity contribution in [1.29, 1.82) is 0 Å². The molecule has 0 saturated heterocycles. The largest absolute Gasteiger partial charge is 0.508 e. The monoisotopic (exact) mass is 466 g/mol. The summed E-state index contributed by atoms with van der Waals surface area (Å²) in [7, 11) is 3.40. The average Bonchev–Trinajstić information content (AvgIpc) is 3.04. The van der Waals surface area contributed by atoms with Gasteiger partial charge in [-0.05, 0) is 35.9 Å². The van der Waals surface area contributed by atoms with Crippen LogP contribution in [0.5, 0.6) is 0 Å². The van der Waals surface area contributed by atoms with E-state index in [1.54, 1.807) is 0 Å². The highest BCUT2D eigenvalue weighted by molar-refractivity contribution is 5.69. The number of nitrogens with one attached hydrogen (secondary N) is 3. The Morgan fingerprint density at radius 3 is 2.39 bits per heavy atom. The van der Waals surface area contributed by atoms with Crippen molar-refractivity contribution in [3.05, 3.63) is 23.0 Å². The van der Waals surface area contributed by atoms with Crippen molar-refractivity contribution in [3.63, 3.8) is 0 Å². The van der Waals surface area contributed by atoms with E-state index in [1.165, 1.54) is 7.11 Å². The van der Waals surface area contributed by atoms with E-state index < -0.39 is 0 Å². The lowest BCUT2D eigenvalue weighted by atomic mass is 9.91. The summed E-state index contributed by atoms with van der Waals surface area (Å²) >= 11 is 0. The van der Waals surface area contributed by atoms with E-state index in [-0.39, 0.29) is 28.8 Å². The van der Waals surface area contributed by atoms with Crippen LogP contribution >= 0.6 is 0 Å². The van der Waals surface area contributed by atoms with Gasteiger partial charge in [0.2, 0.25) is 0 Å². The second-order valence-corrected chi connectivity index (χ2v) is 11.2. The molecule has 1 unspecified atom stereocenters. The summed E-state index contributed by atoms with van der Waals surface area (Å²) in [4.78, 5) is 14.1. The van der Waals surface area contributed by atoms with Crippen LogP contribution in [-0.2, 0) is 9.53 Å². The second kappa shape index (κ2) is 13.5. The summed E-state index contributed by atoms with van der Waals surface area (Å²) in [6.45, 7) is 20.9. The Hall–Kier alpha value is -1.41. The van der Waals surface area contributed by atoms with Gasteiger partial charge < -0.3 is 25.8 Å². The molecule has 1 aliphatic rings. The third-order valence-electron chi connectivity index (χ3n) is 6.12. The fraction of sp³-hybridized carbons (Fsp3) is 0.808. The van der Waals surface area contributed by atoms with Crippen LogP contribution in [0.25, 0.3) is 0 Å². The van der Waals surface area contributed by atoms with Crippen LogP contribution in [0, 0.1) is 16.7 Å². The van der Waals surface area contributed by atoms with Crippen molar-refractivity contribution in [2.75, 3.05) is 60.0 Å². The predicted molar refractivity (Wildman–Crippen MR) is 137 cm³/mol. The van der Waals surface area contributed by atoms with Crippen molar-refractivity contribution >= 4 is 5.97 Å². The molecule has 0 aromatic heterocycles. The molecule has 0 aliphatic heterocycles. The van der Waals surface area contributed by atoms with Crippen LogP contribution in [0.2, 0.25) is 0 Å². The minimum atomic E-state index is -0.209. The van der Waals surface area contributed by atoms with Crippen LogP contribution in [0.15, 0.2) is 23.0 Å². The van der Waals surface area contributed by atoms with E-state index in [0.29, 0.717) is 25.3 Å². The van der Waals surface area contributed by atoms with Gasteiger partial charge in [0.25, 0.3) is 0 Å². The van der Waals surface area contributed by atoms with Crippen molar-refractivity contribution in [1.82, 2.24) is 20.9 Å². The fourth-order valence-electron chi connectivity index (χ4n) is 4.49. The number of nitrogens with zero attached hydrogens (tertiary/aromatic N) is 1. The van der Waals surface area contributed by atoms with Crippen LogP contribution in [-0.4, -0.2) is 82.0 Å². The topological polar surface area (TPSA) is 85.9 Å². The zero-order chi connectivity index (χ0) is 25.2. The van der Waals surface area contributed by atoms with Crippen LogP contribution in [0.1, 0.15) is 54.9 Å². The summed E-state index contributed by atoms with van der Waals surface area (Å²) in [5.41, 5.74) is 2.11. The molecule has 0 heterocycles. The van der Waals surface area contributed by atoms with Crippen molar-refractivity contribution < 1.29 is 14.6 Å². The van der Waals surface area contributed by atoms with Gasteiger partial charge in [0.15, 0.2) is 0 Å². The van der Waals surface area contributed by atoms with Gasteiger partial charge in [0.05, 0.1) is 19.6 Å². The molecule has 0 saturated carbocycles. The zero-order valence-corrected chi connectivity index (χ0v) is 22.6. The molecule has 0 aromatic carbocycles. The molecule has 0 fully saturated rings. The van der Waals surface area contributed by atoms with Gasteiger partial charge in [-0.15, -0.1) is 0 Å². The number of aliphatic hydroxyl groups excluding tert-OH is 1. The number of methoxy groups -OCH3 is 1. The van der Waals surface area contributed by atoms with Crippen LogP contribution < -0.4 is 16.0 Å². The van der Waals surface area contributed by atoms with Gasteiger partial charge in [-0.3, -0.25) is 9.69 Å². The number of ether oxygens (including phenoxy) is 1. The number of carbonyl (C=O) groups excluding carboxylic acids is 1. The molecule has 7 heteroatoms. The molecule has 0 bridgehead atoms. The lowest BCUT2D eigenvalue weighted by Crippen LogP contribution is -2.42. The molecule has 1 atom stereocenters. The summed E-state index contributed by atoms with van der Waals surface area (Å²) in [5.74, 6) is 0.428. The number of rotatable bonds is 16. The minimum absolute atomic E-state index is 0.0216. The van der Waals surface area contributed by atoms with E-state index in [0.717, 1.165) is 43.9 Å². The molecule has 7 nitrogen and oxygen atoms in total. The molecular weight excluding hydrogens is 416 g/mol. The highest BCUT2D eigenvalue weighted by Gasteiger charge is 2.31. The first-order chi connectivity index (χ1) is 15.4. The molecule has 192 valence electrons. The van der Waals surface area contributed by atoms with Gasteiger partial charge in [-0.2, -0.15) is 0 Å². The third-order valence-corrected chi connectivity index (χ3v) is 6.12. The first-order valence-corrected chi connectivity index (χ1v) is 12.4. The number of hydrogen-bond acceptors (Lipinski definition) is 7. The van der Waals surface area contributed by atoms with E-state index >= 15 is 0 Å². The number of hydrogen-bond donors (Lipinski definition) is 4. The minimum Gasteiger partial charge on any atom is -0.508 e.